The van der Waals surface area contributed by atoms with Gasteiger partial charge in [0.15, 0.2) is 0 Å². The van der Waals surface area contributed by atoms with Gasteiger partial charge in [0.1, 0.15) is 5.82 Å². The minimum absolute atomic E-state index is 0.654. The Morgan fingerprint density at radius 1 is 1.35 bits per heavy atom. The SMILES string of the molecule is Cn1cccc1CN1CCc2nc(C3CC3)ncc2C1. The van der Waals surface area contributed by atoms with Crippen molar-refractivity contribution in [2.75, 3.05) is 6.54 Å². The second kappa shape index (κ2) is 4.70. The van der Waals surface area contributed by atoms with E-state index >= 15 is 0 Å². The van der Waals surface area contributed by atoms with Crippen LogP contribution in [0, 0.1) is 0 Å². The molecule has 104 valence electrons. The molecule has 4 rings (SSSR count). The summed E-state index contributed by atoms with van der Waals surface area (Å²) in [5.41, 5.74) is 3.96. The second-order valence-corrected chi connectivity index (χ2v) is 6.05. The number of rotatable bonds is 3. The van der Waals surface area contributed by atoms with E-state index in [1.807, 2.05) is 0 Å². The van der Waals surface area contributed by atoms with E-state index in [0.29, 0.717) is 5.92 Å². The molecule has 3 heterocycles. The van der Waals surface area contributed by atoms with Crippen LogP contribution < -0.4 is 0 Å². The third kappa shape index (κ3) is 2.24. The highest BCUT2D eigenvalue weighted by atomic mass is 15.2. The van der Waals surface area contributed by atoms with E-state index in [1.165, 1.54) is 29.8 Å². The van der Waals surface area contributed by atoms with Gasteiger partial charge in [-0.25, -0.2) is 9.97 Å². The van der Waals surface area contributed by atoms with Crippen LogP contribution >= 0.6 is 0 Å². The van der Waals surface area contributed by atoms with Crippen molar-refractivity contribution >= 4 is 0 Å². The van der Waals surface area contributed by atoms with Gasteiger partial charge in [-0.2, -0.15) is 0 Å². The summed E-state index contributed by atoms with van der Waals surface area (Å²) >= 11 is 0. The van der Waals surface area contributed by atoms with Gasteiger partial charge in [0, 0.05) is 68.4 Å². The lowest BCUT2D eigenvalue weighted by Crippen LogP contribution is -2.31. The zero-order valence-electron chi connectivity index (χ0n) is 11.9. The molecule has 0 atom stereocenters. The molecule has 4 heteroatoms. The van der Waals surface area contributed by atoms with Gasteiger partial charge >= 0.3 is 0 Å². The lowest BCUT2D eigenvalue weighted by Gasteiger charge is -2.28. The predicted molar refractivity (Wildman–Crippen MR) is 77.2 cm³/mol. The highest BCUT2D eigenvalue weighted by Crippen LogP contribution is 2.38. The average molecular weight is 268 g/mol. The van der Waals surface area contributed by atoms with Crippen molar-refractivity contribution in [1.29, 1.82) is 0 Å². The van der Waals surface area contributed by atoms with E-state index in [2.05, 4.69) is 46.0 Å². The van der Waals surface area contributed by atoms with Gasteiger partial charge in [-0.1, -0.05) is 0 Å². The van der Waals surface area contributed by atoms with Crippen molar-refractivity contribution in [3.8, 4) is 0 Å². The van der Waals surface area contributed by atoms with E-state index in [9.17, 15) is 0 Å². The summed E-state index contributed by atoms with van der Waals surface area (Å²) in [6.45, 7) is 3.08. The van der Waals surface area contributed by atoms with Gasteiger partial charge in [-0.3, -0.25) is 4.90 Å². The van der Waals surface area contributed by atoms with Gasteiger partial charge < -0.3 is 4.57 Å². The normalized spacial score (nSPS) is 19.1. The Hall–Kier alpha value is -1.68. The van der Waals surface area contributed by atoms with Gasteiger partial charge in [0.05, 0.1) is 0 Å². The van der Waals surface area contributed by atoms with E-state index in [1.54, 1.807) is 0 Å². The lowest BCUT2D eigenvalue weighted by molar-refractivity contribution is 0.237. The molecule has 0 radical (unpaired) electrons. The van der Waals surface area contributed by atoms with Crippen molar-refractivity contribution in [3.05, 3.63) is 47.3 Å². The largest absolute Gasteiger partial charge is 0.353 e. The molecule has 1 fully saturated rings. The van der Waals surface area contributed by atoms with Crippen LogP contribution in [-0.4, -0.2) is 26.0 Å². The first-order chi connectivity index (χ1) is 9.79. The van der Waals surface area contributed by atoms with Gasteiger partial charge in [-0.15, -0.1) is 0 Å². The van der Waals surface area contributed by atoms with Crippen molar-refractivity contribution in [2.45, 2.75) is 38.3 Å². The Kier molecular flexibility index (Phi) is 2.84. The van der Waals surface area contributed by atoms with Crippen LogP contribution in [0.15, 0.2) is 24.5 Å². The molecular formula is C16H20N4. The first-order valence-electron chi connectivity index (χ1n) is 7.47. The molecule has 0 N–H and O–H groups in total. The Morgan fingerprint density at radius 3 is 3.00 bits per heavy atom. The Balaban J connectivity index is 1.50. The maximum absolute atomic E-state index is 4.78. The molecule has 0 bridgehead atoms. The highest BCUT2D eigenvalue weighted by Gasteiger charge is 2.28. The third-order valence-corrected chi connectivity index (χ3v) is 4.41. The molecule has 4 nitrogen and oxygen atoms in total. The fourth-order valence-corrected chi connectivity index (χ4v) is 2.95. The number of aromatic nitrogens is 3. The number of hydrogen-bond donors (Lipinski definition) is 0. The standard InChI is InChI=1S/C16H20N4/c1-19-7-2-3-14(19)11-20-8-6-15-13(10-20)9-17-16(18-15)12-4-5-12/h2-3,7,9,12H,4-6,8,10-11H2,1H3. The molecule has 2 aromatic rings. The van der Waals surface area contributed by atoms with Crippen molar-refractivity contribution in [3.63, 3.8) is 0 Å². The molecule has 1 saturated carbocycles. The third-order valence-electron chi connectivity index (χ3n) is 4.41. The molecule has 0 saturated heterocycles. The molecular weight excluding hydrogens is 248 g/mol. The molecule has 20 heavy (non-hydrogen) atoms. The van der Waals surface area contributed by atoms with Crippen LogP contribution in [0.3, 0.4) is 0 Å². The highest BCUT2D eigenvalue weighted by molar-refractivity contribution is 5.23. The monoisotopic (exact) mass is 268 g/mol. The quantitative estimate of drug-likeness (QED) is 0.856. The minimum atomic E-state index is 0.654. The first-order valence-corrected chi connectivity index (χ1v) is 7.47. The minimum Gasteiger partial charge on any atom is -0.353 e. The maximum Gasteiger partial charge on any atom is 0.131 e. The predicted octanol–water partition coefficient (Wildman–Crippen LogP) is 2.25. The van der Waals surface area contributed by atoms with E-state index in [0.717, 1.165) is 31.9 Å². The summed E-state index contributed by atoms with van der Waals surface area (Å²) in [6.07, 6.45) is 7.78. The Bertz CT molecular complexity index is 627. The number of hydrogen-bond acceptors (Lipinski definition) is 3. The van der Waals surface area contributed by atoms with Crippen LogP contribution in [-0.2, 0) is 26.6 Å². The second-order valence-electron chi connectivity index (χ2n) is 6.05. The summed E-state index contributed by atoms with van der Waals surface area (Å²) in [5, 5.41) is 0. The maximum atomic E-state index is 4.78. The molecule has 0 spiro atoms. The average Bonchev–Trinajstić information content (AvgIpc) is 3.24. The summed E-state index contributed by atoms with van der Waals surface area (Å²) < 4.78 is 2.20. The topological polar surface area (TPSA) is 34.0 Å². The zero-order chi connectivity index (χ0) is 13.5. The van der Waals surface area contributed by atoms with Crippen molar-refractivity contribution in [2.24, 2.45) is 7.05 Å². The Morgan fingerprint density at radius 2 is 2.25 bits per heavy atom. The van der Waals surface area contributed by atoms with E-state index in [4.69, 9.17) is 4.98 Å². The Labute approximate surface area is 119 Å². The van der Waals surface area contributed by atoms with Crippen LogP contribution in [0.25, 0.3) is 0 Å². The zero-order valence-corrected chi connectivity index (χ0v) is 11.9. The first kappa shape index (κ1) is 12.1. The van der Waals surface area contributed by atoms with Gasteiger partial charge in [-0.05, 0) is 25.0 Å². The fraction of sp³-hybridized carbons (Fsp3) is 0.500. The number of aryl methyl sites for hydroxylation is 1. The number of fused-ring (bicyclic) bond motifs is 1. The van der Waals surface area contributed by atoms with E-state index in [-0.39, 0.29) is 0 Å². The van der Waals surface area contributed by atoms with Crippen LogP contribution in [0.1, 0.15) is 41.5 Å². The van der Waals surface area contributed by atoms with Crippen LogP contribution in [0.5, 0.6) is 0 Å². The molecule has 1 aliphatic carbocycles. The van der Waals surface area contributed by atoms with E-state index < -0.39 is 0 Å². The summed E-state index contributed by atoms with van der Waals surface area (Å²) in [5.74, 6) is 1.74. The summed E-state index contributed by atoms with van der Waals surface area (Å²) in [4.78, 5) is 11.8. The smallest absolute Gasteiger partial charge is 0.131 e. The molecule has 1 aliphatic heterocycles. The number of nitrogens with zero attached hydrogens (tertiary/aromatic N) is 4. The molecule has 0 aromatic carbocycles. The lowest BCUT2D eigenvalue weighted by atomic mass is 10.1. The molecule has 0 unspecified atom stereocenters. The summed E-state index contributed by atoms with van der Waals surface area (Å²) in [7, 11) is 2.11. The van der Waals surface area contributed by atoms with Gasteiger partial charge in [0.2, 0.25) is 0 Å². The van der Waals surface area contributed by atoms with Crippen LogP contribution in [0.2, 0.25) is 0 Å². The van der Waals surface area contributed by atoms with Crippen LogP contribution in [0.4, 0.5) is 0 Å². The van der Waals surface area contributed by atoms with Crippen molar-refractivity contribution in [1.82, 2.24) is 19.4 Å². The van der Waals surface area contributed by atoms with Crippen molar-refractivity contribution < 1.29 is 0 Å². The molecule has 2 aromatic heterocycles. The van der Waals surface area contributed by atoms with Gasteiger partial charge in [0.25, 0.3) is 0 Å². The molecule has 0 amide bonds. The summed E-state index contributed by atoms with van der Waals surface area (Å²) in [6, 6.07) is 4.31. The molecule has 2 aliphatic rings. The fourth-order valence-electron chi connectivity index (χ4n) is 2.95.